The van der Waals surface area contributed by atoms with Gasteiger partial charge in [-0.3, -0.25) is 24.5 Å². The van der Waals surface area contributed by atoms with Gasteiger partial charge in [0.2, 0.25) is 0 Å². The molecule has 3 aromatic heterocycles. The highest BCUT2D eigenvalue weighted by atomic mass is 16.1. The Bertz CT molecular complexity index is 832. The maximum absolute atomic E-state index is 11.4. The van der Waals surface area contributed by atoms with Gasteiger partial charge in [0.15, 0.2) is 12.6 Å². The maximum atomic E-state index is 11.4. The van der Waals surface area contributed by atoms with Gasteiger partial charge in [-0.2, -0.15) is 0 Å². The number of aldehydes is 2. The second-order valence-electron chi connectivity index (χ2n) is 4.51. The van der Waals surface area contributed by atoms with Crippen molar-refractivity contribution in [1.82, 2.24) is 15.0 Å². The molecule has 0 saturated heterocycles. The Hall–Kier alpha value is -3.21. The van der Waals surface area contributed by atoms with Crippen LogP contribution in [0.3, 0.4) is 0 Å². The van der Waals surface area contributed by atoms with Gasteiger partial charge in [0.1, 0.15) is 5.69 Å². The smallest absolute Gasteiger partial charge is 0.153 e. The molecule has 0 saturated carbocycles. The van der Waals surface area contributed by atoms with E-state index in [-0.39, 0.29) is 11.1 Å². The van der Waals surface area contributed by atoms with Gasteiger partial charge in [-0.05, 0) is 30.3 Å². The van der Waals surface area contributed by atoms with E-state index in [0.717, 1.165) is 11.3 Å². The summed E-state index contributed by atoms with van der Waals surface area (Å²) in [6.45, 7) is 0. The molecule has 0 aliphatic carbocycles. The van der Waals surface area contributed by atoms with Crippen LogP contribution in [-0.2, 0) is 0 Å². The predicted molar refractivity (Wildman–Crippen MR) is 81.5 cm³/mol. The second kappa shape index (κ2) is 6.05. The van der Waals surface area contributed by atoms with Crippen LogP contribution in [0.2, 0.25) is 0 Å². The third-order valence-electron chi connectivity index (χ3n) is 3.24. The van der Waals surface area contributed by atoms with Crippen LogP contribution in [-0.4, -0.2) is 27.5 Å². The van der Waals surface area contributed by atoms with Crippen LogP contribution >= 0.6 is 0 Å². The molecular weight excluding hydrogens is 278 g/mol. The van der Waals surface area contributed by atoms with Crippen LogP contribution in [0.25, 0.3) is 22.6 Å². The van der Waals surface area contributed by atoms with Crippen molar-refractivity contribution in [2.75, 3.05) is 0 Å². The third kappa shape index (κ3) is 2.40. The number of carbonyl (C=O) groups is 2. The average molecular weight is 289 g/mol. The maximum Gasteiger partial charge on any atom is 0.153 e. The Balaban J connectivity index is 2.27. The molecule has 0 N–H and O–H groups in total. The fourth-order valence-electron chi connectivity index (χ4n) is 2.23. The lowest BCUT2D eigenvalue weighted by Gasteiger charge is -2.10. The number of carbonyl (C=O) groups excluding carboxylic acids is 2. The van der Waals surface area contributed by atoms with Gasteiger partial charge < -0.3 is 0 Å². The van der Waals surface area contributed by atoms with Gasteiger partial charge in [0.05, 0.1) is 17.0 Å². The zero-order valence-electron chi connectivity index (χ0n) is 11.5. The largest absolute Gasteiger partial charge is 0.298 e. The Morgan fingerprint density at radius 1 is 0.727 bits per heavy atom. The Morgan fingerprint density at radius 2 is 1.55 bits per heavy atom. The number of nitrogens with zero attached hydrogens (tertiary/aromatic N) is 3. The zero-order valence-corrected chi connectivity index (χ0v) is 11.5. The van der Waals surface area contributed by atoms with Crippen LogP contribution in [0.4, 0.5) is 0 Å². The molecule has 0 atom stereocenters. The Labute approximate surface area is 126 Å². The van der Waals surface area contributed by atoms with E-state index < -0.39 is 0 Å². The van der Waals surface area contributed by atoms with Gasteiger partial charge >= 0.3 is 0 Å². The molecule has 3 heterocycles. The molecule has 0 fully saturated rings. The molecule has 3 rings (SSSR count). The van der Waals surface area contributed by atoms with E-state index in [9.17, 15) is 9.59 Å². The van der Waals surface area contributed by atoms with Crippen molar-refractivity contribution in [2.24, 2.45) is 0 Å². The van der Waals surface area contributed by atoms with E-state index in [1.54, 1.807) is 18.5 Å². The van der Waals surface area contributed by atoms with Gasteiger partial charge in [-0.25, -0.2) is 0 Å². The quantitative estimate of drug-likeness (QED) is 0.690. The third-order valence-corrected chi connectivity index (χ3v) is 3.24. The van der Waals surface area contributed by atoms with Crippen LogP contribution in [0.1, 0.15) is 20.7 Å². The summed E-state index contributed by atoms with van der Waals surface area (Å²) < 4.78 is 0. The van der Waals surface area contributed by atoms with Crippen LogP contribution in [0.5, 0.6) is 0 Å². The minimum absolute atomic E-state index is 0.230. The van der Waals surface area contributed by atoms with Crippen molar-refractivity contribution in [1.29, 1.82) is 0 Å². The first-order valence-electron chi connectivity index (χ1n) is 6.61. The van der Waals surface area contributed by atoms with E-state index >= 15 is 0 Å². The average Bonchev–Trinajstić information content (AvgIpc) is 2.61. The molecule has 22 heavy (non-hydrogen) atoms. The van der Waals surface area contributed by atoms with E-state index in [1.165, 1.54) is 12.3 Å². The summed E-state index contributed by atoms with van der Waals surface area (Å²) in [7, 11) is 0. The summed E-state index contributed by atoms with van der Waals surface area (Å²) in [6, 6.07) is 10.7. The van der Waals surface area contributed by atoms with Crippen molar-refractivity contribution < 1.29 is 9.59 Å². The summed E-state index contributed by atoms with van der Waals surface area (Å²) in [5.74, 6) is 0. The minimum Gasteiger partial charge on any atom is -0.298 e. The fraction of sp³-hybridized carbons (Fsp3) is 0. The lowest BCUT2D eigenvalue weighted by molar-refractivity contribution is 0.109. The van der Waals surface area contributed by atoms with Gasteiger partial charge in [0.25, 0.3) is 0 Å². The molecule has 106 valence electrons. The van der Waals surface area contributed by atoms with Crippen molar-refractivity contribution in [3.8, 4) is 22.6 Å². The number of hydrogen-bond donors (Lipinski definition) is 0. The minimum atomic E-state index is 0.230. The van der Waals surface area contributed by atoms with Crippen molar-refractivity contribution in [3.63, 3.8) is 0 Å². The lowest BCUT2D eigenvalue weighted by atomic mass is 10.0. The van der Waals surface area contributed by atoms with Crippen LogP contribution < -0.4 is 0 Å². The summed E-state index contributed by atoms with van der Waals surface area (Å²) in [5, 5.41) is 0. The van der Waals surface area contributed by atoms with Gasteiger partial charge in [-0.15, -0.1) is 0 Å². The van der Waals surface area contributed by atoms with Crippen molar-refractivity contribution in [2.45, 2.75) is 0 Å². The molecule has 0 bridgehead atoms. The highest BCUT2D eigenvalue weighted by molar-refractivity contribution is 5.97. The van der Waals surface area contributed by atoms with E-state index in [2.05, 4.69) is 15.0 Å². The molecule has 5 heteroatoms. The molecular formula is C17H11N3O2. The molecule has 0 spiro atoms. The first kappa shape index (κ1) is 13.8. The molecule has 3 aromatic rings. The highest BCUT2D eigenvalue weighted by Crippen LogP contribution is 2.29. The number of pyridine rings is 3. The van der Waals surface area contributed by atoms with Crippen LogP contribution in [0, 0.1) is 0 Å². The normalized spacial score (nSPS) is 10.2. The fourth-order valence-corrected chi connectivity index (χ4v) is 2.23. The Kier molecular flexibility index (Phi) is 3.78. The first-order valence-corrected chi connectivity index (χ1v) is 6.61. The SMILES string of the molecule is O=Cc1ccnc(-c2ncccc2-c2ccccn2)c1C=O. The summed E-state index contributed by atoms with van der Waals surface area (Å²) in [5.41, 5.74) is 2.89. The standard InChI is InChI=1S/C17H11N3O2/c21-10-12-6-9-20-17(14(12)11-22)16-13(4-3-8-19-16)15-5-1-2-7-18-15/h1-11H. The number of aromatic nitrogens is 3. The van der Waals surface area contributed by atoms with Crippen molar-refractivity contribution >= 4 is 12.6 Å². The topological polar surface area (TPSA) is 72.8 Å². The van der Waals surface area contributed by atoms with E-state index in [4.69, 9.17) is 0 Å². The molecule has 0 amide bonds. The second-order valence-corrected chi connectivity index (χ2v) is 4.51. The highest BCUT2D eigenvalue weighted by Gasteiger charge is 2.16. The molecule has 0 aliphatic rings. The molecule has 0 aliphatic heterocycles. The number of rotatable bonds is 4. The first-order chi connectivity index (χ1) is 10.8. The zero-order chi connectivity index (χ0) is 15.4. The van der Waals surface area contributed by atoms with Gasteiger partial charge in [0, 0.05) is 29.7 Å². The Morgan fingerprint density at radius 3 is 2.27 bits per heavy atom. The van der Waals surface area contributed by atoms with Crippen LogP contribution in [0.15, 0.2) is 55.0 Å². The molecule has 0 radical (unpaired) electrons. The molecule has 5 nitrogen and oxygen atoms in total. The predicted octanol–water partition coefficient (Wildman–Crippen LogP) is 2.83. The lowest BCUT2D eigenvalue weighted by Crippen LogP contribution is -2.00. The summed E-state index contributed by atoms with van der Waals surface area (Å²) in [4.78, 5) is 35.4. The summed E-state index contributed by atoms with van der Waals surface area (Å²) in [6.07, 6.45) is 6.05. The van der Waals surface area contributed by atoms with E-state index in [0.29, 0.717) is 24.0 Å². The molecule has 0 aromatic carbocycles. The molecule has 0 unspecified atom stereocenters. The monoisotopic (exact) mass is 289 g/mol. The summed E-state index contributed by atoms with van der Waals surface area (Å²) >= 11 is 0. The van der Waals surface area contributed by atoms with Crippen molar-refractivity contribution in [3.05, 3.63) is 66.1 Å². The van der Waals surface area contributed by atoms with Gasteiger partial charge in [-0.1, -0.05) is 6.07 Å². The van der Waals surface area contributed by atoms with E-state index in [1.807, 2.05) is 24.3 Å². The number of hydrogen-bond acceptors (Lipinski definition) is 5.